The highest BCUT2D eigenvalue weighted by Gasteiger charge is 2.26. The van der Waals surface area contributed by atoms with Gasteiger partial charge in [-0.1, -0.05) is 212 Å². The van der Waals surface area contributed by atoms with Crippen LogP contribution in [0, 0.1) is 0 Å². The zero-order valence-electron chi connectivity index (χ0n) is 46.0. The van der Waals surface area contributed by atoms with Crippen LogP contribution in [0.3, 0.4) is 0 Å². The van der Waals surface area contributed by atoms with E-state index < -0.39 is 0 Å². The van der Waals surface area contributed by atoms with Gasteiger partial charge in [-0.15, -0.1) is 0 Å². The molecular formula is C77H45N9. The first-order valence-corrected chi connectivity index (χ1v) is 29.1. The van der Waals surface area contributed by atoms with E-state index in [0.717, 1.165) is 144 Å². The predicted octanol–water partition coefficient (Wildman–Crippen LogP) is 18.9. The van der Waals surface area contributed by atoms with Gasteiger partial charge in [0.05, 0.1) is 61.0 Å². The largest absolute Gasteiger partial charge is 0.306 e. The molecule has 0 atom stereocenters. The van der Waals surface area contributed by atoms with Crippen LogP contribution < -0.4 is 0 Å². The Balaban J connectivity index is 0.802. The molecule has 9 heteroatoms. The van der Waals surface area contributed by atoms with Crippen LogP contribution in [0.25, 0.3) is 177 Å². The summed E-state index contributed by atoms with van der Waals surface area (Å²) in [6, 6.07) is 97.3. The van der Waals surface area contributed by atoms with Crippen molar-refractivity contribution in [2.75, 3.05) is 0 Å². The third-order valence-electron chi connectivity index (χ3n) is 17.7. The van der Waals surface area contributed by atoms with Gasteiger partial charge in [-0.05, 0) is 93.7 Å². The molecule has 86 heavy (non-hydrogen) atoms. The van der Waals surface area contributed by atoms with Crippen molar-refractivity contribution >= 4 is 120 Å². The van der Waals surface area contributed by atoms with Crippen molar-refractivity contribution in [1.82, 2.24) is 42.9 Å². The molecule has 0 aliphatic carbocycles. The van der Waals surface area contributed by atoms with Gasteiger partial charge in [-0.25, -0.2) is 24.9 Å². The number of hydrogen-bond donors (Lipinski definition) is 0. The highest BCUT2D eigenvalue weighted by atomic mass is 15.2. The lowest BCUT2D eigenvalue weighted by atomic mass is 9.95. The zero-order valence-corrected chi connectivity index (χ0v) is 46.0. The first-order valence-electron chi connectivity index (χ1n) is 29.1. The summed E-state index contributed by atoms with van der Waals surface area (Å²) < 4.78 is 9.24. The number of aromatic nitrogens is 9. The Labute approximate surface area is 490 Å². The van der Waals surface area contributed by atoms with Crippen molar-refractivity contribution < 1.29 is 0 Å². The summed E-state index contributed by atoms with van der Waals surface area (Å²) in [5, 5.41) is 11.1. The molecule has 0 aliphatic heterocycles. The molecule has 0 saturated carbocycles. The maximum absolute atomic E-state index is 5.61. The van der Waals surface area contributed by atoms with E-state index in [1.165, 1.54) is 21.5 Å². The summed E-state index contributed by atoms with van der Waals surface area (Å²) in [4.78, 5) is 27.2. The number of imidazole rings is 1. The molecule has 0 spiro atoms. The second-order valence-electron chi connectivity index (χ2n) is 22.4. The maximum Gasteiger partial charge on any atom is 0.237 e. The number of nitrogens with zero attached hydrogens (tertiary/aromatic N) is 9. The Bertz CT molecular complexity index is 6090. The molecule has 8 heterocycles. The molecule has 0 unspecified atom stereocenters. The molecule has 398 valence electrons. The third kappa shape index (κ3) is 6.67. The van der Waals surface area contributed by atoms with Gasteiger partial charge in [0.25, 0.3) is 0 Å². The van der Waals surface area contributed by atoms with Crippen LogP contribution >= 0.6 is 0 Å². The Morgan fingerprint density at radius 3 is 1.34 bits per heavy atom. The van der Waals surface area contributed by atoms with Gasteiger partial charge in [-0.3, -0.25) is 13.5 Å². The van der Waals surface area contributed by atoms with Crippen molar-refractivity contribution in [2.45, 2.75) is 0 Å². The first-order chi connectivity index (χ1) is 42.7. The number of benzene rings is 11. The molecule has 0 N–H and O–H groups in total. The summed E-state index contributed by atoms with van der Waals surface area (Å²) in [5.74, 6) is 1.20. The fourth-order valence-electron chi connectivity index (χ4n) is 13.9. The van der Waals surface area contributed by atoms with E-state index >= 15 is 0 Å². The lowest BCUT2D eigenvalue weighted by molar-refractivity contribution is 1.00. The maximum atomic E-state index is 5.61. The Morgan fingerprint density at radius 1 is 0.209 bits per heavy atom. The molecule has 19 aromatic rings. The van der Waals surface area contributed by atoms with E-state index in [1.54, 1.807) is 0 Å². The topological polar surface area (TPSA) is 83.1 Å². The number of hydrogen-bond acceptors (Lipinski definition) is 5. The third-order valence-corrected chi connectivity index (χ3v) is 17.7. The second-order valence-corrected chi connectivity index (χ2v) is 22.4. The normalized spacial score (nSPS) is 12.2. The molecule has 0 bridgehead atoms. The van der Waals surface area contributed by atoms with Gasteiger partial charge in [-0.2, -0.15) is 0 Å². The number of pyridine rings is 2. The average Bonchev–Trinajstić information content (AvgIpc) is 1.65. The summed E-state index contributed by atoms with van der Waals surface area (Å²) in [7, 11) is 0. The summed E-state index contributed by atoms with van der Waals surface area (Å²) in [5.41, 5.74) is 20.3. The van der Waals surface area contributed by atoms with Gasteiger partial charge in [0.15, 0.2) is 5.65 Å². The van der Waals surface area contributed by atoms with Gasteiger partial charge >= 0.3 is 0 Å². The number of para-hydroxylation sites is 5. The highest BCUT2D eigenvalue weighted by Crippen LogP contribution is 2.44. The zero-order chi connectivity index (χ0) is 56.1. The number of rotatable bonds is 6. The van der Waals surface area contributed by atoms with Crippen molar-refractivity contribution in [3.63, 3.8) is 0 Å². The predicted molar refractivity (Wildman–Crippen MR) is 353 cm³/mol. The average molecular weight is 1100 g/mol. The molecule has 9 nitrogen and oxygen atoms in total. The lowest BCUT2D eigenvalue weighted by Crippen LogP contribution is -2.04. The first kappa shape index (κ1) is 46.8. The van der Waals surface area contributed by atoms with Crippen molar-refractivity contribution in [3.8, 4) is 56.7 Å². The van der Waals surface area contributed by atoms with E-state index in [9.17, 15) is 0 Å². The fraction of sp³-hybridized carbons (Fsp3) is 0. The van der Waals surface area contributed by atoms with Crippen LogP contribution in [0.1, 0.15) is 0 Å². The SMILES string of the molecule is c1ccc(-c2nc(-n3c4ccccc4c4c3cc3c5ccc(-c6cccc(-c7ccc8c(c7)n(-c7nc(-c9ccccc9)c9ccccc9n7)c7nc9c%10ccccc%10c%10ccccc%10n9c87)c6)cc5c5ccccc5n34)nc3ccccc23)cc1. The van der Waals surface area contributed by atoms with Crippen LogP contribution in [-0.4, -0.2) is 42.9 Å². The van der Waals surface area contributed by atoms with E-state index in [4.69, 9.17) is 24.9 Å². The molecule has 0 radical (unpaired) electrons. The van der Waals surface area contributed by atoms with Crippen molar-refractivity contribution in [1.29, 1.82) is 0 Å². The van der Waals surface area contributed by atoms with Crippen LogP contribution in [0.4, 0.5) is 0 Å². The molecule has 0 fully saturated rings. The Morgan fingerprint density at radius 2 is 0.674 bits per heavy atom. The summed E-state index contributed by atoms with van der Waals surface area (Å²) in [6.07, 6.45) is 0. The molecular weight excluding hydrogens is 1050 g/mol. The molecule has 8 aromatic heterocycles. The van der Waals surface area contributed by atoms with Crippen LogP contribution in [0.15, 0.2) is 273 Å². The minimum absolute atomic E-state index is 0.562. The minimum atomic E-state index is 0.562. The van der Waals surface area contributed by atoms with E-state index in [-0.39, 0.29) is 0 Å². The Kier molecular flexibility index (Phi) is 9.70. The van der Waals surface area contributed by atoms with Gasteiger partial charge < -0.3 is 4.40 Å². The Hall–Kier alpha value is -11.8. The van der Waals surface area contributed by atoms with E-state index in [1.807, 2.05) is 18.2 Å². The molecule has 0 amide bonds. The van der Waals surface area contributed by atoms with Crippen LogP contribution in [0.2, 0.25) is 0 Å². The quantitative estimate of drug-likeness (QED) is 0.155. The standard InChI is InChI=1S/C77H45N9/c1-3-20-46(21-4-1)70-57-30-9-14-33-62(57)78-76(80-70)84-66-37-18-13-32-59(66)72-69(84)45-68-55-40-38-50(43-61(55)54-28-12-16-35-64(54)83(68)72)48-24-19-25-49(42-48)51-39-41-60-67(44-51)86(77-79-63-34-15-10-31-58(63)71(81-77)47-22-5-2-6-23-47)75-73(60)85-65-36-17-11-27-53(65)52-26-7-8-29-56(52)74(85)82-75/h1-45H. The van der Waals surface area contributed by atoms with E-state index in [2.05, 4.69) is 273 Å². The van der Waals surface area contributed by atoms with E-state index in [0.29, 0.717) is 11.9 Å². The molecule has 0 saturated heterocycles. The van der Waals surface area contributed by atoms with Crippen LogP contribution in [-0.2, 0) is 0 Å². The van der Waals surface area contributed by atoms with Gasteiger partial charge in [0.2, 0.25) is 11.9 Å². The van der Waals surface area contributed by atoms with Crippen LogP contribution in [0.5, 0.6) is 0 Å². The monoisotopic (exact) mass is 1100 g/mol. The molecule has 11 aromatic carbocycles. The lowest BCUT2D eigenvalue weighted by Gasteiger charge is -2.13. The smallest absolute Gasteiger partial charge is 0.237 e. The van der Waals surface area contributed by atoms with Gasteiger partial charge in [0.1, 0.15) is 11.2 Å². The van der Waals surface area contributed by atoms with Crippen molar-refractivity contribution in [3.05, 3.63) is 273 Å². The second kappa shape index (κ2) is 17.8. The molecule has 19 rings (SSSR count). The fourth-order valence-corrected chi connectivity index (χ4v) is 13.9. The summed E-state index contributed by atoms with van der Waals surface area (Å²) >= 11 is 0. The number of fused-ring (bicyclic) bond motifs is 22. The minimum Gasteiger partial charge on any atom is -0.306 e. The summed E-state index contributed by atoms with van der Waals surface area (Å²) in [6.45, 7) is 0. The highest BCUT2D eigenvalue weighted by molar-refractivity contribution is 6.21. The van der Waals surface area contributed by atoms with Gasteiger partial charge in [0, 0.05) is 54.2 Å². The molecule has 0 aliphatic rings. The van der Waals surface area contributed by atoms with Crippen molar-refractivity contribution in [2.24, 2.45) is 0 Å².